The summed E-state index contributed by atoms with van der Waals surface area (Å²) in [6.45, 7) is 11.7. The van der Waals surface area contributed by atoms with Gasteiger partial charge in [-0.15, -0.1) is 0 Å². The van der Waals surface area contributed by atoms with Crippen molar-refractivity contribution in [2.45, 2.75) is 69.3 Å². The van der Waals surface area contributed by atoms with Gasteiger partial charge in [-0.2, -0.15) is 0 Å². The van der Waals surface area contributed by atoms with Gasteiger partial charge in [-0.05, 0) is 11.6 Å². The molecule has 2 heterocycles. The molecule has 0 spiro atoms. The Bertz CT molecular complexity index is 352. The molecule has 2 aliphatic heterocycles. The molecule has 1 fully saturated rings. The number of allylic oxidation sites excluding steroid dienone is 2. The minimum atomic E-state index is -0.173. The van der Waals surface area contributed by atoms with E-state index in [9.17, 15) is 4.79 Å². The highest BCUT2D eigenvalue weighted by molar-refractivity contribution is 7.63. The molecule has 90 valence electrons. The second kappa shape index (κ2) is 3.42. The highest BCUT2D eigenvalue weighted by atomic mass is 31.1. The van der Waals surface area contributed by atoms with Crippen LogP contribution in [0.4, 0.5) is 0 Å². The summed E-state index contributed by atoms with van der Waals surface area (Å²) in [5.74, 6) is 0.465. The van der Waals surface area contributed by atoms with Gasteiger partial charge in [0.05, 0.1) is 0 Å². The van der Waals surface area contributed by atoms with Crippen LogP contribution in [0.1, 0.15) is 53.9 Å². The second-order valence-electron chi connectivity index (χ2n) is 6.77. The lowest BCUT2D eigenvalue weighted by atomic mass is 9.92. The zero-order chi connectivity index (χ0) is 12.2. The average molecular weight is 238 g/mol. The number of carbonyl (C=O) groups excluding carboxylic acids is 1. The molecule has 0 aliphatic carbocycles. The largest absolute Gasteiger partial charge is 0.300 e. The first-order valence-electron chi connectivity index (χ1n) is 6.20. The molecule has 3 atom stereocenters. The van der Waals surface area contributed by atoms with Crippen LogP contribution in [0.25, 0.3) is 0 Å². The third kappa shape index (κ3) is 1.78. The Morgan fingerprint density at radius 1 is 1.19 bits per heavy atom. The maximum absolute atomic E-state index is 11.9. The molecule has 0 amide bonds. The van der Waals surface area contributed by atoms with Crippen molar-refractivity contribution in [3.05, 3.63) is 12.2 Å². The molecule has 0 saturated carbocycles. The van der Waals surface area contributed by atoms with Crippen molar-refractivity contribution in [2.24, 2.45) is 0 Å². The number of ketones is 1. The molecule has 3 unspecified atom stereocenters. The summed E-state index contributed by atoms with van der Waals surface area (Å²) in [6.07, 6.45) is 7.37. The van der Waals surface area contributed by atoms with E-state index in [0.29, 0.717) is 10.9 Å². The maximum Gasteiger partial charge on any atom is 0.134 e. The van der Waals surface area contributed by atoms with Gasteiger partial charge in [0, 0.05) is 23.2 Å². The summed E-state index contributed by atoms with van der Waals surface area (Å²) < 4.78 is 0. The number of hydrogen-bond acceptors (Lipinski definition) is 1. The molecule has 2 heteroatoms. The number of hydrogen-bond donors (Lipinski definition) is 0. The van der Waals surface area contributed by atoms with Crippen molar-refractivity contribution in [1.82, 2.24) is 0 Å². The highest BCUT2D eigenvalue weighted by Crippen LogP contribution is 2.74. The lowest BCUT2D eigenvalue weighted by Crippen LogP contribution is -2.33. The van der Waals surface area contributed by atoms with Crippen molar-refractivity contribution >= 4 is 13.7 Å². The van der Waals surface area contributed by atoms with Crippen LogP contribution in [0, 0.1) is 0 Å². The van der Waals surface area contributed by atoms with E-state index < -0.39 is 0 Å². The van der Waals surface area contributed by atoms with Gasteiger partial charge >= 0.3 is 0 Å². The molecular formula is C14H23OP. The van der Waals surface area contributed by atoms with Gasteiger partial charge in [-0.1, -0.05) is 54.7 Å². The van der Waals surface area contributed by atoms with E-state index in [4.69, 9.17) is 0 Å². The predicted molar refractivity (Wildman–Crippen MR) is 71.5 cm³/mol. The SMILES string of the molecule is CC(C)(C)P1C2(C)C=CC1(C)CC(=O)CC2. The molecular weight excluding hydrogens is 215 g/mol. The monoisotopic (exact) mass is 238 g/mol. The summed E-state index contributed by atoms with van der Waals surface area (Å²) in [6, 6.07) is 0. The third-order valence-electron chi connectivity index (χ3n) is 3.96. The zero-order valence-electron chi connectivity index (χ0n) is 11.1. The molecule has 0 aromatic carbocycles. The van der Waals surface area contributed by atoms with Gasteiger partial charge in [0.15, 0.2) is 0 Å². The van der Waals surface area contributed by atoms with Crippen LogP contribution < -0.4 is 0 Å². The minimum Gasteiger partial charge on any atom is -0.300 e. The lowest BCUT2D eigenvalue weighted by Gasteiger charge is -2.47. The van der Waals surface area contributed by atoms with Crippen molar-refractivity contribution in [2.75, 3.05) is 0 Å². The summed E-state index contributed by atoms with van der Waals surface area (Å²) in [4.78, 5) is 11.9. The van der Waals surface area contributed by atoms with Crippen molar-refractivity contribution in [1.29, 1.82) is 0 Å². The molecule has 0 aromatic heterocycles. The third-order valence-corrected chi connectivity index (χ3v) is 8.02. The first-order chi connectivity index (χ1) is 7.17. The number of fused-ring (bicyclic) bond motifs is 2. The Kier molecular flexibility index (Phi) is 2.63. The van der Waals surface area contributed by atoms with E-state index in [1.807, 2.05) is 0 Å². The molecule has 0 aromatic rings. The van der Waals surface area contributed by atoms with Crippen molar-refractivity contribution < 1.29 is 4.79 Å². The molecule has 2 rings (SSSR count). The van der Waals surface area contributed by atoms with Crippen LogP contribution in [0.5, 0.6) is 0 Å². The fraction of sp³-hybridized carbons (Fsp3) is 0.786. The minimum absolute atomic E-state index is 0.149. The zero-order valence-corrected chi connectivity index (χ0v) is 12.0. The highest BCUT2D eigenvalue weighted by Gasteiger charge is 2.54. The number of carbonyl (C=O) groups is 1. The van der Waals surface area contributed by atoms with Crippen LogP contribution >= 0.6 is 7.92 Å². The van der Waals surface area contributed by atoms with Gasteiger partial charge < -0.3 is 0 Å². The van der Waals surface area contributed by atoms with Crippen LogP contribution in [-0.2, 0) is 4.79 Å². The van der Waals surface area contributed by atoms with Gasteiger partial charge in [0.2, 0.25) is 0 Å². The molecule has 1 saturated heterocycles. The Labute approximate surface area is 100 Å². The predicted octanol–water partition coefficient (Wildman–Crippen LogP) is 4.11. The van der Waals surface area contributed by atoms with E-state index in [0.717, 1.165) is 19.3 Å². The number of Topliss-reactive ketones (excluding diaryl/α,β-unsaturated/α-hetero) is 1. The maximum atomic E-state index is 11.9. The normalized spacial score (nSPS) is 43.6. The first kappa shape index (κ1) is 12.3. The van der Waals surface area contributed by atoms with Gasteiger partial charge in [0.1, 0.15) is 5.78 Å². The van der Waals surface area contributed by atoms with Crippen LogP contribution in [0.3, 0.4) is 0 Å². The molecule has 0 radical (unpaired) electrons. The molecule has 2 aliphatic rings. The number of rotatable bonds is 0. The fourth-order valence-corrected chi connectivity index (χ4v) is 9.19. The average Bonchev–Trinajstić information content (AvgIpc) is 2.28. The van der Waals surface area contributed by atoms with Gasteiger partial charge in [-0.3, -0.25) is 4.79 Å². The first-order valence-corrected chi connectivity index (χ1v) is 7.54. The van der Waals surface area contributed by atoms with E-state index in [2.05, 4.69) is 46.8 Å². The van der Waals surface area contributed by atoms with E-state index in [1.165, 1.54) is 0 Å². The summed E-state index contributed by atoms with van der Waals surface area (Å²) in [5, 5.41) is 0.761. The van der Waals surface area contributed by atoms with Crippen molar-refractivity contribution in [3.8, 4) is 0 Å². The van der Waals surface area contributed by atoms with Gasteiger partial charge in [-0.25, -0.2) is 0 Å². The Morgan fingerprint density at radius 3 is 2.31 bits per heavy atom. The molecule has 2 bridgehead atoms. The summed E-state index contributed by atoms with van der Waals surface area (Å²) in [7, 11) is -0.173. The van der Waals surface area contributed by atoms with E-state index in [1.54, 1.807) is 0 Å². The Morgan fingerprint density at radius 2 is 1.75 bits per heavy atom. The standard InChI is InChI=1S/C14H23OP/c1-12(2,3)16-13(4)7-6-11(15)10-14(16,5)9-8-13/h8-9H,6-7,10H2,1-5H3. The smallest absolute Gasteiger partial charge is 0.134 e. The fourth-order valence-electron chi connectivity index (χ4n) is 3.84. The second-order valence-corrected chi connectivity index (χ2v) is 10.8. The lowest BCUT2D eigenvalue weighted by molar-refractivity contribution is -0.119. The Balaban J connectivity index is 2.48. The van der Waals surface area contributed by atoms with Crippen LogP contribution in [0.15, 0.2) is 12.2 Å². The summed E-state index contributed by atoms with van der Waals surface area (Å²) in [5.41, 5.74) is 0. The van der Waals surface area contributed by atoms with Crippen LogP contribution in [0.2, 0.25) is 0 Å². The molecule has 1 nitrogen and oxygen atoms in total. The van der Waals surface area contributed by atoms with E-state index >= 15 is 0 Å². The quantitative estimate of drug-likeness (QED) is 0.458. The van der Waals surface area contributed by atoms with Crippen molar-refractivity contribution in [3.63, 3.8) is 0 Å². The molecule has 16 heavy (non-hydrogen) atoms. The Hall–Kier alpha value is -0.160. The van der Waals surface area contributed by atoms with E-state index in [-0.39, 0.29) is 18.2 Å². The summed E-state index contributed by atoms with van der Waals surface area (Å²) >= 11 is 0. The van der Waals surface area contributed by atoms with Crippen LogP contribution in [-0.4, -0.2) is 21.3 Å². The topological polar surface area (TPSA) is 17.1 Å². The van der Waals surface area contributed by atoms with Gasteiger partial charge in [0.25, 0.3) is 0 Å². The molecule has 0 N–H and O–H groups in total.